The van der Waals surface area contributed by atoms with Gasteiger partial charge in [-0.2, -0.15) is 0 Å². The number of rotatable bonds is 4. The number of benzene rings is 1. The van der Waals surface area contributed by atoms with Gasteiger partial charge in [-0.3, -0.25) is 4.79 Å². The monoisotopic (exact) mass is 219 g/mol. The lowest BCUT2D eigenvalue weighted by Crippen LogP contribution is -2.23. The number of carbonyl (C=O) groups excluding carboxylic acids is 1. The van der Waals surface area contributed by atoms with E-state index in [0.717, 1.165) is 11.3 Å². The van der Waals surface area contributed by atoms with E-state index in [1.54, 1.807) is 31.2 Å². The van der Waals surface area contributed by atoms with Crippen molar-refractivity contribution in [2.45, 2.75) is 6.92 Å². The fourth-order valence-corrected chi connectivity index (χ4v) is 1.25. The predicted molar refractivity (Wildman–Crippen MR) is 65.3 cm³/mol. The van der Waals surface area contributed by atoms with Crippen LogP contribution < -0.4 is 4.74 Å². The van der Waals surface area contributed by atoms with Crippen LogP contribution in [0.5, 0.6) is 5.75 Å². The van der Waals surface area contributed by atoms with Crippen LogP contribution in [0.4, 0.5) is 0 Å². The van der Waals surface area contributed by atoms with Gasteiger partial charge in [0, 0.05) is 25.2 Å². The minimum absolute atomic E-state index is 0.00611. The van der Waals surface area contributed by atoms with Crippen LogP contribution in [-0.2, 0) is 4.79 Å². The maximum atomic E-state index is 11.5. The average Bonchev–Trinajstić information content (AvgIpc) is 2.35. The van der Waals surface area contributed by atoms with Gasteiger partial charge in [0.25, 0.3) is 0 Å². The molecule has 0 spiro atoms. The van der Waals surface area contributed by atoms with E-state index >= 15 is 0 Å². The summed E-state index contributed by atoms with van der Waals surface area (Å²) < 4.78 is 5.19. The summed E-state index contributed by atoms with van der Waals surface area (Å²) in [6, 6.07) is 7.59. The van der Waals surface area contributed by atoms with Crippen molar-refractivity contribution >= 4 is 12.0 Å². The summed E-state index contributed by atoms with van der Waals surface area (Å²) >= 11 is 0. The first-order valence-corrected chi connectivity index (χ1v) is 5.25. The Labute approximate surface area is 96.3 Å². The second-order valence-electron chi connectivity index (χ2n) is 3.43. The minimum Gasteiger partial charge on any atom is -0.496 e. The summed E-state index contributed by atoms with van der Waals surface area (Å²) in [7, 11) is 3.39. The SMILES string of the molecule is CCN(C)C(=O)/C=C/c1ccccc1OC. The molecule has 0 N–H and O–H groups in total. The van der Waals surface area contributed by atoms with E-state index < -0.39 is 0 Å². The molecular weight excluding hydrogens is 202 g/mol. The van der Waals surface area contributed by atoms with Gasteiger partial charge in [-0.1, -0.05) is 18.2 Å². The van der Waals surface area contributed by atoms with E-state index in [2.05, 4.69) is 0 Å². The summed E-state index contributed by atoms with van der Waals surface area (Å²) in [5.74, 6) is 0.763. The Morgan fingerprint density at radius 1 is 1.44 bits per heavy atom. The van der Waals surface area contributed by atoms with Gasteiger partial charge in [-0.25, -0.2) is 0 Å². The fourth-order valence-electron chi connectivity index (χ4n) is 1.25. The molecule has 0 saturated heterocycles. The number of para-hydroxylation sites is 1. The summed E-state index contributed by atoms with van der Waals surface area (Å²) in [5, 5.41) is 0. The van der Waals surface area contributed by atoms with Crippen LogP contribution in [0.2, 0.25) is 0 Å². The fraction of sp³-hybridized carbons (Fsp3) is 0.308. The lowest BCUT2D eigenvalue weighted by molar-refractivity contribution is -0.124. The molecule has 0 aromatic heterocycles. The Morgan fingerprint density at radius 2 is 2.12 bits per heavy atom. The van der Waals surface area contributed by atoms with Gasteiger partial charge in [0.1, 0.15) is 5.75 Å². The molecule has 1 aromatic carbocycles. The molecule has 86 valence electrons. The second-order valence-corrected chi connectivity index (χ2v) is 3.43. The molecule has 1 aromatic rings. The van der Waals surface area contributed by atoms with Gasteiger partial charge in [0.15, 0.2) is 0 Å². The van der Waals surface area contributed by atoms with E-state index in [4.69, 9.17) is 4.74 Å². The highest BCUT2D eigenvalue weighted by atomic mass is 16.5. The number of carbonyl (C=O) groups is 1. The second kappa shape index (κ2) is 5.95. The van der Waals surface area contributed by atoms with Gasteiger partial charge in [0.05, 0.1) is 7.11 Å². The maximum Gasteiger partial charge on any atom is 0.246 e. The number of ether oxygens (including phenoxy) is 1. The minimum atomic E-state index is -0.00611. The Hall–Kier alpha value is -1.77. The van der Waals surface area contributed by atoms with E-state index in [-0.39, 0.29) is 5.91 Å². The molecular formula is C13H17NO2. The molecule has 0 aliphatic rings. The number of amides is 1. The Balaban J connectivity index is 2.80. The van der Waals surface area contributed by atoms with Gasteiger partial charge < -0.3 is 9.64 Å². The summed E-state index contributed by atoms with van der Waals surface area (Å²) in [5.41, 5.74) is 0.905. The largest absolute Gasteiger partial charge is 0.496 e. The molecule has 0 radical (unpaired) electrons. The number of hydrogen-bond acceptors (Lipinski definition) is 2. The topological polar surface area (TPSA) is 29.5 Å². The third kappa shape index (κ3) is 3.12. The Bertz CT molecular complexity index is 385. The molecule has 1 amide bonds. The molecule has 0 atom stereocenters. The molecule has 0 aliphatic heterocycles. The first-order chi connectivity index (χ1) is 7.69. The smallest absolute Gasteiger partial charge is 0.246 e. The molecule has 0 aliphatic carbocycles. The number of methoxy groups -OCH3 is 1. The van der Waals surface area contributed by atoms with Crippen LogP contribution in [0, 0.1) is 0 Å². The first-order valence-electron chi connectivity index (χ1n) is 5.25. The van der Waals surface area contributed by atoms with Crippen LogP contribution in [0.25, 0.3) is 6.08 Å². The highest BCUT2D eigenvalue weighted by Gasteiger charge is 2.02. The highest BCUT2D eigenvalue weighted by Crippen LogP contribution is 2.18. The zero-order chi connectivity index (χ0) is 12.0. The van der Waals surface area contributed by atoms with Gasteiger partial charge in [0.2, 0.25) is 5.91 Å². The van der Waals surface area contributed by atoms with Crippen molar-refractivity contribution in [1.82, 2.24) is 4.90 Å². The number of likely N-dealkylation sites (N-methyl/N-ethyl adjacent to an activating group) is 1. The summed E-state index contributed by atoms with van der Waals surface area (Å²) in [4.78, 5) is 13.2. The van der Waals surface area contributed by atoms with Crippen molar-refractivity contribution in [2.24, 2.45) is 0 Å². The van der Waals surface area contributed by atoms with Crippen molar-refractivity contribution < 1.29 is 9.53 Å². The summed E-state index contributed by atoms with van der Waals surface area (Å²) in [6.07, 6.45) is 3.33. The van der Waals surface area contributed by atoms with Crippen LogP contribution in [-0.4, -0.2) is 31.5 Å². The maximum absolute atomic E-state index is 11.5. The van der Waals surface area contributed by atoms with Crippen molar-refractivity contribution in [3.63, 3.8) is 0 Å². The molecule has 0 heterocycles. The van der Waals surface area contributed by atoms with Gasteiger partial charge in [-0.05, 0) is 19.1 Å². The lowest BCUT2D eigenvalue weighted by atomic mass is 10.2. The van der Waals surface area contributed by atoms with Crippen LogP contribution in [0.3, 0.4) is 0 Å². The van der Waals surface area contributed by atoms with Crippen LogP contribution in [0.1, 0.15) is 12.5 Å². The zero-order valence-corrected chi connectivity index (χ0v) is 9.93. The van der Waals surface area contributed by atoms with Crippen molar-refractivity contribution in [2.75, 3.05) is 20.7 Å². The van der Waals surface area contributed by atoms with Gasteiger partial charge >= 0.3 is 0 Å². The molecule has 0 fully saturated rings. The van der Waals surface area contributed by atoms with E-state index in [0.29, 0.717) is 6.54 Å². The van der Waals surface area contributed by atoms with E-state index in [1.165, 1.54) is 0 Å². The highest BCUT2D eigenvalue weighted by molar-refractivity contribution is 5.91. The van der Waals surface area contributed by atoms with Crippen LogP contribution in [0.15, 0.2) is 30.3 Å². The van der Waals surface area contributed by atoms with Crippen molar-refractivity contribution in [3.8, 4) is 5.75 Å². The summed E-state index contributed by atoms with van der Waals surface area (Å²) in [6.45, 7) is 2.64. The third-order valence-corrected chi connectivity index (χ3v) is 2.39. The van der Waals surface area contributed by atoms with E-state index in [9.17, 15) is 4.79 Å². The Morgan fingerprint density at radius 3 is 2.75 bits per heavy atom. The number of nitrogens with zero attached hydrogens (tertiary/aromatic N) is 1. The van der Waals surface area contributed by atoms with Crippen molar-refractivity contribution in [1.29, 1.82) is 0 Å². The Kier molecular flexibility index (Phi) is 4.58. The molecule has 0 unspecified atom stereocenters. The molecule has 16 heavy (non-hydrogen) atoms. The molecule has 3 nitrogen and oxygen atoms in total. The molecule has 1 rings (SSSR count). The predicted octanol–water partition coefficient (Wildman–Crippen LogP) is 2.19. The third-order valence-electron chi connectivity index (χ3n) is 2.39. The quantitative estimate of drug-likeness (QED) is 0.726. The van der Waals surface area contributed by atoms with Crippen molar-refractivity contribution in [3.05, 3.63) is 35.9 Å². The van der Waals surface area contributed by atoms with Gasteiger partial charge in [-0.15, -0.1) is 0 Å². The standard InChI is InChI=1S/C13H17NO2/c1-4-14(2)13(15)10-9-11-7-5-6-8-12(11)16-3/h5-10H,4H2,1-3H3/b10-9+. The lowest BCUT2D eigenvalue weighted by Gasteiger charge is -2.11. The molecule has 3 heteroatoms. The molecule has 0 bridgehead atoms. The van der Waals surface area contributed by atoms with E-state index in [1.807, 2.05) is 31.2 Å². The zero-order valence-electron chi connectivity index (χ0n) is 9.93. The number of hydrogen-bond donors (Lipinski definition) is 0. The molecule has 0 saturated carbocycles. The average molecular weight is 219 g/mol. The first kappa shape index (κ1) is 12.3. The van der Waals surface area contributed by atoms with Crippen LogP contribution >= 0.6 is 0 Å². The normalized spacial score (nSPS) is 10.4.